The molecule has 1 heterocycles. The van der Waals surface area contributed by atoms with Crippen molar-refractivity contribution in [3.05, 3.63) is 41.6 Å². The summed E-state index contributed by atoms with van der Waals surface area (Å²) in [5.74, 6) is -0.599. The number of carbonyl (C=O) groups excluding carboxylic acids is 1. The summed E-state index contributed by atoms with van der Waals surface area (Å²) in [7, 11) is 2.74. The predicted octanol–water partition coefficient (Wildman–Crippen LogP) is 2.89. The summed E-state index contributed by atoms with van der Waals surface area (Å²) in [6.07, 6.45) is -4.42. The maximum absolute atomic E-state index is 12.7. The second-order valence-corrected chi connectivity index (χ2v) is 4.11. The lowest BCUT2D eigenvalue weighted by Gasteiger charge is -2.07. The maximum atomic E-state index is 12.7. The maximum Gasteiger partial charge on any atom is 0.416 e. The molecule has 0 aliphatic heterocycles. The van der Waals surface area contributed by atoms with Gasteiger partial charge in [0.05, 0.1) is 18.4 Å². The summed E-state index contributed by atoms with van der Waals surface area (Å²) in [5, 5.41) is 4.02. The summed E-state index contributed by atoms with van der Waals surface area (Å²) in [4.78, 5) is 11.4. The number of aryl methyl sites for hydroxylation is 1. The number of halogens is 3. The van der Waals surface area contributed by atoms with Crippen molar-refractivity contribution in [3.63, 3.8) is 0 Å². The molecule has 0 aliphatic rings. The standard InChI is InChI=1S/C13H11F3N2O2/c1-18-11(12(19)20-2)7-10(17-18)8-4-3-5-9(6-8)13(14,15)16/h3-7H,1-2H3. The quantitative estimate of drug-likeness (QED) is 0.796. The molecule has 0 bridgehead atoms. The minimum Gasteiger partial charge on any atom is -0.464 e. The highest BCUT2D eigenvalue weighted by atomic mass is 19.4. The molecular formula is C13H11F3N2O2. The molecule has 20 heavy (non-hydrogen) atoms. The number of hydrogen-bond acceptors (Lipinski definition) is 3. The second-order valence-electron chi connectivity index (χ2n) is 4.11. The minimum absolute atomic E-state index is 0.167. The van der Waals surface area contributed by atoms with Gasteiger partial charge in [-0.15, -0.1) is 0 Å². The minimum atomic E-state index is -4.42. The van der Waals surface area contributed by atoms with Crippen LogP contribution in [0.1, 0.15) is 16.1 Å². The number of carbonyl (C=O) groups is 1. The van der Waals surface area contributed by atoms with Gasteiger partial charge in [0.25, 0.3) is 0 Å². The molecule has 0 saturated heterocycles. The molecule has 0 N–H and O–H groups in total. The first-order valence-electron chi connectivity index (χ1n) is 5.63. The fourth-order valence-corrected chi connectivity index (χ4v) is 1.76. The lowest BCUT2D eigenvalue weighted by Crippen LogP contribution is -2.07. The normalized spacial score (nSPS) is 11.4. The van der Waals surface area contributed by atoms with Gasteiger partial charge in [-0.2, -0.15) is 18.3 Å². The van der Waals surface area contributed by atoms with Crippen LogP contribution in [-0.2, 0) is 18.0 Å². The van der Waals surface area contributed by atoms with E-state index in [2.05, 4.69) is 9.84 Å². The Balaban J connectivity index is 2.45. The summed E-state index contributed by atoms with van der Waals surface area (Å²) in [5.41, 5.74) is -0.0373. The van der Waals surface area contributed by atoms with Crippen molar-refractivity contribution < 1.29 is 22.7 Å². The third-order valence-electron chi connectivity index (χ3n) is 2.76. The Morgan fingerprint density at radius 1 is 1.30 bits per heavy atom. The summed E-state index contributed by atoms with van der Waals surface area (Å²) >= 11 is 0. The highest BCUT2D eigenvalue weighted by molar-refractivity contribution is 5.88. The molecule has 1 aromatic carbocycles. The van der Waals surface area contributed by atoms with Crippen LogP contribution in [0.5, 0.6) is 0 Å². The van der Waals surface area contributed by atoms with Crippen molar-refractivity contribution in [3.8, 4) is 11.3 Å². The molecule has 0 radical (unpaired) electrons. The molecule has 2 rings (SSSR count). The first-order chi connectivity index (χ1) is 9.32. The van der Waals surface area contributed by atoms with E-state index in [1.807, 2.05) is 0 Å². The molecule has 0 unspecified atom stereocenters. The SMILES string of the molecule is COC(=O)c1cc(-c2cccc(C(F)(F)F)c2)nn1C. The Morgan fingerprint density at radius 2 is 2.00 bits per heavy atom. The van der Waals surface area contributed by atoms with Crippen molar-refractivity contribution in [2.24, 2.45) is 7.05 Å². The molecule has 7 heteroatoms. The molecule has 0 aliphatic carbocycles. The highest BCUT2D eigenvalue weighted by Crippen LogP contribution is 2.31. The molecule has 0 fully saturated rings. The van der Waals surface area contributed by atoms with E-state index >= 15 is 0 Å². The van der Waals surface area contributed by atoms with Crippen LogP contribution < -0.4 is 0 Å². The molecule has 0 atom stereocenters. The van der Waals surface area contributed by atoms with Gasteiger partial charge in [-0.25, -0.2) is 4.79 Å². The number of aromatic nitrogens is 2. The van der Waals surface area contributed by atoms with Crippen LogP contribution in [0, 0.1) is 0 Å². The van der Waals surface area contributed by atoms with Crippen LogP contribution in [0.3, 0.4) is 0 Å². The molecule has 106 valence electrons. The number of methoxy groups -OCH3 is 1. The Morgan fingerprint density at radius 3 is 2.60 bits per heavy atom. The lowest BCUT2D eigenvalue weighted by atomic mass is 10.1. The van der Waals surface area contributed by atoms with Crippen LogP contribution in [0.2, 0.25) is 0 Å². The topological polar surface area (TPSA) is 44.1 Å². The number of alkyl halides is 3. The zero-order valence-electron chi connectivity index (χ0n) is 10.7. The van der Waals surface area contributed by atoms with Gasteiger partial charge in [0.1, 0.15) is 5.69 Å². The first-order valence-corrected chi connectivity index (χ1v) is 5.63. The number of nitrogens with zero attached hydrogens (tertiary/aromatic N) is 2. The van der Waals surface area contributed by atoms with E-state index in [0.717, 1.165) is 12.1 Å². The van der Waals surface area contributed by atoms with Crippen LogP contribution in [0.4, 0.5) is 13.2 Å². The smallest absolute Gasteiger partial charge is 0.416 e. The molecule has 0 saturated carbocycles. The molecule has 1 aromatic heterocycles. The van der Waals surface area contributed by atoms with E-state index in [1.54, 1.807) is 0 Å². The molecule has 0 amide bonds. The number of ether oxygens (including phenoxy) is 1. The molecule has 4 nitrogen and oxygen atoms in total. The molecular weight excluding hydrogens is 273 g/mol. The van der Waals surface area contributed by atoms with Gasteiger partial charge in [0.15, 0.2) is 0 Å². The third-order valence-corrected chi connectivity index (χ3v) is 2.76. The van der Waals surface area contributed by atoms with Crippen molar-refractivity contribution in [2.75, 3.05) is 7.11 Å². The summed E-state index contributed by atoms with van der Waals surface area (Å²) in [6.45, 7) is 0. The Hall–Kier alpha value is -2.31. The lowest BCUT2D eigenvalue weighted by molar-refractivity contribution is -0.137. The average molecular weight is 284 g/mol. The van der Waals surface area contributed by atoms with E-state index in [1.165, 1.54) is 37.0 Å². The van der Waals surface area contributed by atoms with Crippen molar-refractivity contribution >= 4 is 5.97 Å². The average Bonchev–Trinajstić information content (AvgIpc) is 2.79. The molecule has 0 spiro atoms. The van der Waals surface area contributed by atoms with Gasteiger partial charge < -0.3 is 4.74 Å². The molecule has 2 aromatic rings. The van der Waals surface area contributed by atoms with Crippen molar-refractivity contribution in [2.45, 2.75) is 6.18 Å². The predicted molar refractivity (Wildman–Crippen MR) is 65.0 cm³/mol. The van der Waals surface area contributed by atoms with Gasteiger partial charge in [-0.3, -0.25) is 4.68 Å². The van der Waals surface area contributed by atoms with Crippen LogP contribution >= 0.6 is 0 Å². The van der Waals surface area contributed by atoms with Gasteiger partial charge >= 0.3 is 12.1 Å². The van der Waals surface area contributed by atoms with E-state index in [-0.39, 0.29) is 17.0 Å². The Labute approximate surface area is 112 Å². The van der Waals surface area contributed by atoms with E-state index in [9.17, 15) is 18.0 Å². The first kappa shape index (κ1) is 14.1. The number of benzene rings is 1. The van der Waals surface area contributed by atoms with E-state index in [4.69, 9.17) is 0 Å². The van der Waals surface area contributed by atoms with E-state index in [0.29, 0.717) is 0 Å². The van der Waals surface area contributed by atoms with Gasteiger partial charge in [-0.05, 0) is 18.2 Å². The van der Waals surface area contributed by atoms with Crippen molar-refractivity contribution in [1.29, 1.82) is 0 Å². The van der Waals surface area contributed by atoms with Crippen LogP contribution in [-0.4, -0.2) is 22.9 Å². The monoisotopic (exact) mass is 284 g/mol. The zero-order chi connectivity index (χ0) is 14.9. The Kier molecular flexibility index (Phi) is 3.52. The summed E-state index contributed by atoms with van der Waals surface area (Å²) in [6, 6.07) is 6.15. The third kappa shape index (κ3) is 2.66. The Bertz CT molecular complexity index is 647. The van der Waals surface area contributed by atoms with Gasteiger partial charge in [0, 0.05) is 12.6 Å². The number of hydrogen-bond donors (Lipinski definition) is 0. The van der Waals surface area contributed by atoms with Gasteiger partial charge in [0.2, 0.25) is 0 Å². The van der Waals surface area contributed by atoms with E-state index < -0.39 is 17.7 Å². The van der Waals surface area contributed by atoms with Crippen LogP contribution in [0.25, 0.3) is 11.3 Å². The fourth-order valence-electron chi connectivity index (χ4n) is 1.76. The highest BCUT2D eigenvalue weighted by Gasteiger charge is 2.30. The summed E-state index contributed by atoms with van der Waals surface area (Å²) < 4.78 is 43.8. The van der Waals surface area contributed by atoms with Crippen molar-refractivity contribution in [1.82, 2.24) is 9.78 Å². The zero-order valence-corrected chi connectivity index (χ0v) is 10.7. The number of esters is 1. The largest absolute Gasteiger partial charge is 0.464 e. The second kappa shape index (κ2) is 4.99. The fraction of sp³-hybridized carbons (Fsp3) is 0.231. The number of rotatable bonds is 2. The van der Waals surface area contributed by atoms with Gasteiger partial charge in [-0.1, -0.05) is 12.1 Å². The van der Waals surface area contributed by atoms with Crippen LogP contribution in [0.15, 0.2) is 30.3 Å².